The molecule has 0 bridgehead atoms. The lowest BCUT2D eigenvalue weighted by Gasteiger charge is -2.13. The minimum Gasteiger partial charge on any atom is -0.455 e. The number of hydrogen-bond acceptors (Lipinski definition) is 1. The van der Waals surface area contributed by atoms with Crippen LogP contribution in [0.5, 0.6) is 0 Å². The van der Waals surface area contributed by atoms with Gasteiger partial charge in [0.15, 0.2) is 0 Å². The first-order valence-corrected chi connectivity index (χ1v) is 18.8. The van der Waals surface area contributed by atoms with Crippen molar-refractivity contribution in [2.75, 3.05) is 0 Å². The van der Waals surface area contributed by atoms with Crippen molar-refractivity contribution in [2.45, 2.75) is 0 Å². The molecule has 0 saturated heterocycles. The second kappa shape index (κ2) is 11.6. The second-order valence-electron chi connectivity index (χ2n) is 14.5. The molecule has 0 spiro atoms. The minimum atomic E-state index is 0.893. The van der Waals surface area contributed by atoms with Gasteiger partial charge in [0.2, 0.25) is 0 Å². The number of aromatic nitrogens is 2. The van der Waals surface area contributed by atoms with Crippen molar-refractivity contribution in [1.82, 2.24) is 9.13 Å². The van der Waals surface area contributed by atoms with E-state index in [-0.39, 0.29) is 0 Å². The number of nitrogens with zero attached hydrogens (tertiary/aromatic N) is 2. The first-order chi connectivity index (χ1) is 27.3. The first-order valence-electron chi connectivity index (χ1n) is 18.8. The third kappa shape index (κ3) is 4.50. The Hall–Kier alpha value is -7.36. The molecule has 12 aromatic rings. The fourth-order valence-corrected chi connectivity index (χ4v) is 8.93. The zero-order valence-corrected chi connectivity index (χ0v) is 29.8. The van der Waals surface area contributed by atoms with Gasteiger partial charge in [-0.1, -0.05) is 133 Å². The number of rotatable bonds is 4. The van der Waals surface area contributed by atoms with Crippen molar-refractivity contribution in [3.63, 3.8) is 0 Å². The van der Waals surface area contributed by atoms with Crippen molar-refractivity contribution in [2.24, 2.45) is 0 Å². The summed E-state index contributed by atoms with van der Waals surface area (Å²) in [6.07, 6.45) is 0. The molecular weight excluding hydrogens is 669 g/mol. The fraction of sp³-hybridized carbons (Fsp3) is 0. The van der Waals surface area contributed by atoms with Gasteiger partial charge >= 0.3 is 0 Å². The molecule has 0 aliphatic heterocycles. The molecule has 12 rings (SSSR count). The van der Waals surface area contributed by atoms with Gasteiger partial charge in [0.05, 0.1) is 22.1 Å². The Morgan fingerprint density at radius 3 is 1.55 bits per heavy atom. The van der Waals surface area contributed by atoms with Crippen LogP contribution in [0.1, 0.15) is 0 Å². The zero-order valence-electron chi connectivity index (χ0n) is 29.8. The summed E-state index contributed by atoms with van der Waals surface area (Å²) in [5, 5.41) is 9.55. The van der Waals surface area contributed by atoms with Crippen LogP contribution in [0.3, 0.4) is 0 Å². The van der Waals surface area contributed by atoms with Gasteiger partial charge < -0.3 is 13.6 Å². The Morgan fingerprint density at radius 1 is 0.309 bits per heavy atom. The molecule has 256 valence electrons. The Balaban J connectivity index is 1.18. The monoisotopic (exact) mass is 700 g/mol. The fourth-order valence-electron chi connectivity index (χ4n) is 8.93. The van der Waals surface area contributed by atoms with Crippen LogP contribution in [0.25, 0.3) is 110 Å². The van der Waals surface area contributed by atoms with Crippen molar-refractivity contribution >= 4 is 76.3 Å². The predicted octanol–water partition coefficient (Wildman–Crippen LogP) is 14.3. The van der Waals surface area contributed by atoms with Gasteiger partial charge in [-0.2, -0.15) is 0 Å². The molecule has 3 nitrogen and oxygen atoms in total. The second-order valence-corrected chi connectivity index (χ2v) is 14.5. The van der Waals surface area contributed by atoms with E-state index in [2.05, 4.69) is 203 Å². The smallest absolute Gasteiger partial charge is 0.143 e. The van der Waals surface area contributed by atoms with Crippen LogP contribution in [0, 0.1) is 0 Å². The zero-order chi connectivity index (χ0) is 36.0. The lowest BCUT2D eigenvalue weighted by Crippen LogP contribution is -1.96. The Bertz CT molecular complexity index is 3460. The molecule has 0 radical (unpaired) electrons. The highest BCUT2D eigenvalue weighted by Gasteiger charge is 2.21. The van der Waals surface area contributed by atoms with Crippen LogP contribution in [-0.2, 0) is 0 Å². The molecule has 0 amide bonds. The SMILES string of the molecule is c1ccc(-c2ccc(-c3cc(-n4c5ccccc5c5cc6c7ccccc7n(-c7ccccc7)c6cc54)cc4c3oc3cc5ccccc5cc34)cc2)cc1. The van der Waals surface area contributed by atoms with E-state index in [1.54, 1.807) is 0 Å². The van der Waals surface area contributed by atoms with Crippen LogP contribution >= 0.6 is 0 Å². The topological polar surface area (TPSA) is 23.0 Å². The largest absolute Gasteiger partial charge is 0.455 e. The van der Waals surface area contributed by atoms with Crippen molar-refractivity contribution in [3.05, 3.63) is 194 Å². The molecule has 3 heteroatoms. The molecule has 0 fully saturated rings. The van der Waals surface area contributed by atoms with Gasteiger partial charge in [0, 0.05) is 49.3 Å². The standard InChI is InChI=1S/C52H32N2O/c1-3-13-33(14-4-1)34-23-25-35(26-24-34)42-29-39(30-46-45-27-36-15-7-8-16-37(36)28-51(45)55-52(42)46)54-48-22-12-10-20-41(48)44-31-43-40-19-9-11-21-47(40)53(49(43)32-50(44)54)38-17-5-2-6-18-38/h1-32H. The van der Waals surface area contributed by atoms with E-state index in [9.17, 15) is 0 Å². The van der Waals surface area contributed by atoms with Crippen molar-refractivity contribution < 1.29 is 4.42 Å². The summed E-state index contributed by atoms with van der Waals surface area (Å²) in [7, 11) is 0. The quantitative estimate of drug-likeness (QED) is 0.179. The maximum Gasteiger partial charge on any atom is 0.143 e. The minimum absolute atomic E-state index is 0.893. The molecule has 0 N–H and O–H groups in total. The van der Waals surface area contributed by atoms with Crippen molar-refractivity contribution in [3.8, 4) is 33.6 Å². The lowest BCUT2D eigenvalue weighted by molar-refractivity contribution is 0.670. The van der Waals surface area contributed by atoms with Crippen LogP contribution in [-0.4, -0.2) is 9.13 Å². The number of fused-ring (bicyclic) bond motifs is 10. The molecule has 55 heavy (non-hydrogen) atoms. The summed E-state index contributed by atoms with van der Waals surface area (Å²) < 4.78 is 11.7. The van der Waals surface area contributed by atoms with E-state index in [1.165, 1.54) is 60.0 Å². The van der Waals surface area contributed by atoms with Gasteiger partial charge in [0.25, 0.3) is 0 Å². The summed E-state index contributed by atoms with van der Waals surface area (Å²) in [6.45, 7) is 0. The summed E-state index contributed by atoms with van der Waals surface area (Å²) in [4.78, 5) is 0. The average molecular weight is 701 g/mol. The highest BCUT2D eigenvalue weighted by Crippen LogP contribution is 2.43. The number of para-hydroxylation sites is 3. The molecule has 0 aliphatic rings. The van der Waals surface area contributed by atoms with Gasteiger partial charge in [0.1, 0.15) is 11.2 Å². The molecule has 3 aromatic heterocycles. The van der Waals surface area contributed by atoms with Crippen LogP contribution in [0.2, 0.25) is 0 Å². The van der Waals surface area contributed by atoms with E-state index in [0.29, 0.717) is 0 Å². The van der Waals surface area contributed by atoms with Crippen LogP contribution in [0.4, 0.5) is 0 Å². The molecule has 9 aromatic carbocycles. The Labute approximate surface area is 316 Å². The number of hydrogen-bond donors (Lipinski definition) is 0. The molecule has 0 aliphatic carbocycles. The predicted molar refractivity (Wildman–Crippen MR) is 231 cm³/mol. The van der Waals surface area contributed by atoms with Crippen LogP contribution < -0.4 is 0 Å². The Kier molecular flexibility index (Phi) is 6.34. The normalized spacial score (nSPS) is 12.0. The average Bonchev–Trinajstić information content (AvgIpc) is 3.89. The highest BCUT2D eigenvalue weighted by molar-refractivity contribution is 6.20. The van der Waals surface area contributed by atoms with Gasteiger partial charge in [-0.05, 0) is 88.1 Å². The van der Waals surface area contributed by atoms with E-state index in [0.717, 1.165) is 50.0 Å². The summed E-state index contributed by atoms with van der Waals surface area (Å²) in [6, 6.07) is 70.3. The number of benzene rings is 9. The first kappa shape index (κ1) is 30.1. The summed E-state index contributed by atoms with van der Waals surface area (Å²) in [5.41, 5.74) is 13.3. The molecule has 3 heterocycles. The van der Waals surface area contributed by atoms with E-state index < -0.39 is 0 Å². The van der Waals surface area contributed by atoms with Gasteiger partial charge in [-0.3, -0.25) is 0 Å². The summed E-state index contributed by atoms with van der Waals surface area (Å²) in [5.74, 6) is 0. The van der Waals surface area contributed by atoms with Crippen molar-refractivity contribution in [1.29, 1.82) is 0 Å². The number of furan rings is 1. The summed E-state index contributed by atoms with van der Waals surface area (Å²) >= 11 is 0. The van der Waals surface area contributed by atoms with E-state index in [1.807, 2.05) is 0 Å². The van der Waals surface area contributed by atoms with E-state index in [4.69, 9.17) is 4.42 Å². The molecule has 0 unspecified atom stereocenters. The molecule has 0 saturated carbocycles. The molecular formula is C52H32N2O. The molecule has 0 atom stereocenters. The van der Waals surface area contributed by atoms with Crippen LogP contribution in [0.15, 0.2) is 199 Å². The third-order valence-corrected chi connectivity index (χ3v) is 11.5. The van der Waals surface area contributed by atoms with Gasteiger partial charge in [-0.15, -0.1) is 0 Å². The third-order valence-electron chi connectivity index (χ3n) is 11.5. The Morgan fingerprint density at radius 2 is 0.855 bits per heavy atom. The maximum atomic E-state index is 6.85. The van der Waals surface area contributed by atoms with E-state index >= 15 is 0 Å². The highest BCUT2D eigenvalue weighted by atomic mass is 16.3. The maximum absolute atomic E-state index is 6.85. The van der Waals surface area contributed by atoms with Gasteiger partial charge in [-0.25, -0.2) is 0 Å². The lowest BCUT2D eigenvalue weighted by atomic mass is 9.97.